The summed E-state index contributed by atoms with van der Waals surface area (Å²) >= 11 is 6.20. The summed E-state index contributed by atoms with van der Waals surface area (Å²) in [6.07, 6.45) is 4.85. The molecule has 3 atom stereocenters. The molecule has 3 aromatic rings. The number of amides is 1. The summed E-state index contributed by atoms with van der Waals surface area (Å²) < 4.78 is 0. The third kappa shape index (κ3) is 4.23. The summed E-state index contributed by atoms with van der Waals surface area (Å²) in [4.78, 5) is 23.1. The number of hydrogen-bond donors (Lipinski definition) is 2. The molecule has 2 bridgehead atoms. The highest BCUT2D eigenvalue weighted by molar-refractivity contribution is 6.30. The van der Waals surface area contributed by atoms with E-state index in [0.717, 1.165) is 28.5 Å². The molecule has 0 saturated heterocycles. The fourth-order valence-electron chi connectivity index (χ4n) is 6.14. The molecule has 1 amide bonds. The lowest BCUT2D eigenvalue weighted by molar-refractivity contribution is -0.136. The van der Waals surface area contributed by atoms with Crippen molar-refractivity contribution in [2.45, 2.75) is 37.5 Å². The first-order valence-electron chi connectivity index (χ1n) is 11.9. The Morgan fingerprint density at radius 1 is 0.941 bits per heavy atom. The van der Waals surface area contributed by atoms with Crippen LogP contribution in [0.15, 0.2) is 72.8 Å². The number of carbonyl (C=O) groups is 2. The zero-order chi connectivity index (χ0) is 23.7. The van der Waals surface area contributed by atoms with Gasteiger partial charge in [-0.1, -0.05) is 66.6 Å². The van der Waals surface area contributed by atoms with Crippen molar-refractivity contribution in [2.24, 2.45) is 11.8 Å². The van der Waals surface area contributed by atoms with Crippen LogP contribution in [0.25, 0.3) is 11.1 Å². The number of hydrogen-bond acceptors (Lipinski definition) is 2. The van der Waals surface area contributed by atoms with E-state index in [1.54, 1.807) is 0 Å². The molecule has 4 nitrogen and oxygen atoms in total. The Bertz CT molecular complexity index is 1200. The van der Waals surface area contributed by atoms with Crippen LogP contribution in [0.5, 0.6) is 0 Å². The third-order valence-corrected chi connectivity index (χ3v) is 7.93. The van der Waals surface area contributed by atoms with Crippen molar-refractivity contribution in [3.05, 3.63) is 94.5 Å². The first-order chi connectivity index (χ1) is 16.5. The molecule has 2 fully saturated rings. The van der Waals surface area contributed by atoms with Crippen molar-refractivity contribution >= 4 is 23.5 Å². The summed E-state index contributed by atoms with van der Waals surface area (Å²) in [5, 5.41) is 12.2. The lowest BCUT2D eigenvalue weighted by Gasteiger charge is -2.39. The fourth-order valence-corrected chi connectivity index (χ4v) is 6.33. The number of fused-ring (bicyclic) bond motifs is 2. The van der Waals surface area contributed by atoms with Gasteiger partial charge in [0.05, 0.1) is 6.42 Å². The van der Waals surface area contributed by atoms with Crippen molar-refractivity contribution in [3.63, 3.8) is 0 Å². The van der Waals surface area contributed by atoms with Crippen LogP contribution in [0.2, 0.25) is 5.02 Å². The maximum atomic E-state index is 12.4. The second-order valence-electron chi connectivity index (χ2n) is 9.62. The quantitative estimate of drug-likeness (QED) is 0.422. The van der Waals surface area contributed by atoms with Crippen LogP contribution in [-0.2, 0) is 10.2 Å². The third-order valence-electron chi connectivity index (χ3n) is 7.69. The van der Waals surface area contributed by atoms with E-state index in [2.05, 4.69) is 47.8 Å². The van der Waals surface area contributed by atoms with Gasteiger partial charge in [-0.05, 0) is 77.6 Å². The van der Waals surface area contributed by atoms with Crippen LogP contribution in [0.4, 0.5) is 0 Å². The average molecular weight is 474 g/mol. The Kier molecular flexibility index (Phi) is 6.18. The highest BCUT2D eigenvalue weighted by Gasteiger charge is 2.52. The molecule has 5 rings (SSSR count). The Hall–Kier alpha value is -3.11. The van der Waals surface area contributed by atoms with Gasteiger partial charge in [0.15, 0.2) is 0 Å². The standard InChI is InChI=1S/C29H28ClNO3/c30-26-3-1-2-22(17-26)20-5-10-23(11-6-20)29(18-19-4-9-25(29)16-19)24-12-7-21(8-13-24)28(34)31-15-14-27(32)33/h1-3,5-8,10-13,17,19,25H,4,9,14-16,18H2,(H,31,34)(H,32,33). The van der Waals surface area contributed by atoms with E-state index < -0.39 is 5.97 Å². The fraction of sp³-hybridized carbons (Fsp3) is 0.310. The highest BCUT2D eigenvalue weighted by Crippen LogP contribution is 2.60. The molecule has 3 aromatic carbocycles. The molecule has 3 unspecified atom stereocenters. The molecule has 2 aliphatic carbocycles. The maximum Gasteiger partial charge on any atom is 0.305 e. The molecule has 34 heavy (non-hydrogen) atoms. The Labute approximate surface area is 205 Å². The van der Waals surface area contributed by atoms with Crippen LogP contribution >= 0.6 is 11.6 Å². The summed E-state index contributed by atoms with van der Waals surface area (Å²) in [5.41, 5.74) is 5.39. The van der Waals surface area contributed by atoms with Gasteiger partial charge in [0, 0.05) is 22.5 Å². The van der Waals surface area contributed by atoms with E-state index in [0.29, 0.717) is 11.5 Å². The first kappa shape index (κ1) is 22.7. The van der Waals surface area contributed by atoms with E-state index in [-0.39, 0.29) is 24.3 Å². The maximum absolute atomic E-state index is 12.4. The van der Waals surface area contributed by atoms with Gasteiger partial charge in [-0.2, -0.15) is 0 Å². The molecule has 0 radical (unpaired) electrons. The minimum Gasteiger partial charge on any atom is -0.481 e. The SMILES string of the molecule is O=C(O)CCNC(=O)c1ccc(C2(c3ccc(-c4cccc(Cl)c4)cc3)CC3CCC2C3)cc1. The van der Waals surface area contributed by atoms with Gasteiger partial charge in [-0.25, -0.2) is 0 Å². The molecule has 5 heteroatoms. The molecule has 0 heterocycles. The van der Waals surface area contributed by atoms with Crippen LogP contribution < -0.4 is 5.32 Å². The first-order valence-corrected chi connectivity index (χ1v) is 12.3. The van der Waals surface area contributed by atoms with Gasteiger partial charge in [-0.15, -0.1) is 0 Å². The number of benzene rings is 3. The summed E-state index contributed by atoms with van der Waals surface area (Å²) in [7, 11) is 0. The number of halogens is 1. The topological polar surface area (TPSA) is 66.4 Å². The lowest BCUT2D eigenvalue weighted by atomic mass is 9.64. The second-order valence-corrected chi connectivity index (χ2v) is 10.1. The predicted octanol–water partition coefficient (Wildman–Crippen LogP) is 6.32. The molecule has 2 aliphatic rings. The highest BCUT2D eigenvalue weighted by atomic mass is 35.5. The van der Waals surface area contributed by atoms with E-state index in [1.807, 2.05) is 30.3 Å². The van der Waals surface area contributed by atoms with Gasteiger partial charge in [0.25, 0.3) is 5.91 Å². The number of carbonyl (C=O) groups excluding carboxylic acids is 1. The van der Waals surface area contributed by atoms with E-state index in [4.69, 9.17) is 16.7 Å². The van der Waals surface area contributed by atoms with Crippen LogP contribution in [-0.4, -0.2) is 23.5 Å². The Morgan fingerprint density at radius 3 is 2.24 bits per heavy atom. The van der Waals surface area contributed by atoms with Crippen molar-refractivity contribution in [2.75, 3.05) is 6.54 Å². The summed E-state index contributed by atoms with van der Waals surface area (Å²) in [6.45, 7) is 0.128. The largest absolute Gasteiger partial charge is 0.481 e. The average Bonchev–Trinajstić information content (AvgIpc) is 3.46. The van der Waals surface area contributed by atoms with Gasteiger partial charge in [-0.3, -0.25) is 9.59 Å². The van der Waals surface area contributed by atoms with E-state index in [9.17, 15) is 9.59 Å². The molecule has 174 valence electrons. The molecule has 0 aromatic heterocycles. The monoisotopic (exact) mass is 473 g/mol. The van der Waals surface area contributed by atoms with Crippen molar-refractivity contribution in [1.82, 2.24) is 5.32 Å². The molecule has 2 N–H and O–H groups in total. The summed E-state index contributed by atoms with van der Waals surface area (Å²) in [6, 6.07) is 24.8. The molecule has 0 spiro atoms. The minimum absolute atomic E-state index is 0.0336. The summed E-state index contributed by atoms with van der Waals surface area (Å²) in [5.74, 6) is 0.192. The van der Waals surface area contributed by atoms with Gasteiger partial charge < -0.3 is 10.4 Å². The van der Waals surface area contributed by atoms with Gasteiger partial charge in [0.2, 0.25) is 0 Å². The smallest absolute Gasteiger partial charge is 0.305 e. The van der Waals surface area contributed by atoms with Crippen molar-refractivity contribution in [1.29, 1.82) is 0 Å². The Morgan fingerprint density at radius 2 is 1.65 bits per heavy atom. The van der Waals surface area contributed by atoms with Gasteiger partial charge in [0.1, 0.15) is 0 Å². The van der Waals surface area contributed by atoms with Crippen LogP contribution in [0.1, 0.15) is 53.6 Å². The van der Waals surface area contributed by atoms with Crippen molar-refractivity contribution in [3.8, 4) is 11.1 Å². The number of rotatable bonds is 7. The molecular weight excluding hydrogens is 446 g/mol. The minimum atomic E-state index is -0.921. The second kappa shape index (κ2) is 9.27. The lowest BCUT2D eigenvalue weighted by Crippen LogP contribution is -2.34. The zero-order valence-electron chi connectivity index (χ0n) is 19.0. The van der Waals surface area contributed by atoms with Crippen molar-refractivity contribution < 1.29 is 14.7 Å². The van der Waals surface area contributed by atoms with Crippen LogP contribution in [0, 0.1) is 11.8 Å². The number of aliphatic carboxylic acids is 1. The zero-order valence-corrected chi connectivity index (χ0v) is 19.7. The molecule has 0 aliphatic heterocycles. The number of carboxylic acid groups (broad SMARTS) is 1. The molecular formula is C29H28ClNO3. The predicted molar refractivity (Wildman–Crippen MR) is 134 cm³/mol. The van der Waals surface area contributed by atoms with Gasteiger partial charge >= 0.3 is 5.97 Å². The van der Waals surface area contributed by atoms with Crippen LogP contribution in [0.3, 0.4) is 0 Å². The number of carboxylic acids is 1. The van der Waals surface area contributed by atoms with E-state index >= 15 is 0 Å². The van der Waals surface area contributed by atoms with E-state index in [1.165, 1.54) is 30.4 Å². The number of nitrogens with one attached hydrogen (secondary N) is 1. The Balaban J connectivity index is 1.43. The normalized spacial score (nSPS) is 23.1. The molecule has 2 saturated carbocycles.